The van der Waals surface area contributed by atoms with Gasteiger partial charge in [-0.2, -0.15) is 0 Å². The SMILES string of the molecule is CCN(CC1CCCN1c1ccnc(OCCOCCOCC#Cc2ncsc2-c2ccc(CNC(=O)OC(C)(C)C)cc2)c1)C(/C=C(\N)c1ccccc1O)=C(N)N. The second kappa shape index (κ2) is 21.7. The summed E-state index contributed by atoms with van der Waals surface area (Å²) < 4.78 is 22.6. The van der Waals surface area contributed by atoms with Gasteiger partial charge in [-0.15, -0.1) is 11.3 Å². The van der Waals surface area contributed by atoms with Crippen LogP contribution in [0.5, 0.6) is 11.6 Å². The molecule has 2 aromatic heterocycles. The number of likely N-dealkylation sites (N-methyl/N-ethyl adjacent to an activating group) is 1. The Hall–Kier alpha value is -5.95. The van der Waals surface area contributed by atoms with Crippen molar-refractivity contribution < 1.29 is 28.8 Å². The number of ether oxygens (including phenoxy) is 4. The fraction of sp³-hybridized carbons (Fsp3) is 0.386. The van der Waals surface area contributed by atoms with Crippen molar-refractivity contribution in [1.29, 1.82) is 0 Å². The zero-order valence-corrected chi connectivity index (χ0v) is 35.1. The molecule has 1 saturated heterocycles. The number of nitrogens with two attached hydrogens (primary N) is 3. The number of phenolic OH excluding ortho intramolecular Hbond substituents is 1. The predicted octanol–water partition coefficient (Wildman–Crippen LogP) is 5.78. The van der Waals surface area contributed by atoms with Gasteiger partial charge in [0.2, 0.25) is 5.88 Å². The van der Waals surface area contributed by atoms with Crippen LogP contribution in [0.4, 0.5) is 10.5 Å². The highest BCUT2D eigenvalue weighted by atomic mass is 32.1. The summed E-state index contributed by atoms with van der Waals surface area (Å²) in [4.78, 5) is 26.2. The van der Waals surface area contributed by atoms with E-state index in [9.17, 15) is 9.90 Å². The maximum absolute atomic E-state index is 12.0. The van der Waals surface area contributed by atoms with Crippen LogP contribution in [0.1, 0.15) is 57.4 Å². The highest BCUT2D eigenvalue weighted by Crippen LogP contribution is 2.30. The van der Waals surface area contributed by atoms with E-state index in [2.05, 4.69) is 36.9 Å². The maximum atomic E-state index is 12.0. The smallest absolute Gasteiger partial charge is 0.407 e. The van der Waals surface area contributed by atoms with Crippen molar-refractivity contribution in [3.8, 4) is 33.9 Å². The number of carbonyl (C=O) groups is 1. The van der Waals surface area contributed by atoms with Crippen LogP contribution in [-0.4, -0.2) is 90.4 Å². The average Bonchev–Trinajstić information content (AvgIpc) is 3.89. The summed E-state index contributed by atoms with van der Waals surface area (Å²) in [7, 11) is 0. The molecule has 1 amide bonds. The van der Waals surface area contributed by atoms with Gasteiger partial charge < -0.3 is 56.4 Å². The van der Waals surface area contributed by atoms with Gasteiger partial charge in [-0.1, -0.05) is 42.3 Å². The number of amides is 1. The number of nitrogens with zero attached hydrogens (tertiary/aromatic N) is 4. The largest absolute Gasteiger partial charge is 0.507 e. The molecule has 3 heterocycles. The molecule has 5 rings (SSSR count). The predicted molar refractivity (Wildman–Crippen MR) is 232 cm³/mol. The Kier molecular flexibility index (Phi) is 16.2. The number of hydrogen-bond donors (Lipinski definition) is 5. The number of nitrogens with one attached hydrogen (secondary N) is 1. The Morgan fingerprint density at radius 1 is 1.05 bits per heavy atom. The van der Waals surface area contributed by atoms with Gasteiger partial charge in [0.1, 0.15) is 36.1 Å². The minimum Gasteiger partial charge on any atom is -0.507 e. The van der Waals surface area contributed by atoms with Crippen LogP contribution < -0.4 is 32.2 Å². The Morgan fingerprint density at radius 3 is 2.56 bits per heavy atom. The number of thiazole rings is 1. The third-order valence-electron chi connectivity index (χ3n) is 9.23. The number of alkyl carbamates (subject to hydrolysis) is 1. The monoisotopic (exact) mass is 824 g/mol. The topological polar surface area (TPSA) is 197 Å². The van der Waals surface area contributed by atoms with Crippen molar-refractivity contribution in [2.24, 2.45) is 17.2 Å². The first-order chi connectivity index (χ1) is 28.4. The van der Waals surface area contributed by atoms with E-state index in [0.29, 0.717) is 74.6 Å². The van der Waals surface area contributed by atoms with Crippen LogP contribution in [0, 0.1) is 11.8 Å². The van der Waals surface area contributed by atoms with Gasteiger partial charge in [-0.25, -0.2) is 14.8 Å². The molecule has 0 aliphatic carbocycles. The van der Waals surface area contributed by atoms with Crippen LogP contribution in [0.2, 0.25) is 0 Å². The van der Waals surface area contributed by atoms with Gasteiger partial charge in [0.05, 0.1) is 35.9 Å². The molecule has 14 nitrogen and oxygen atoms in total. The number of hydrogen-bond acceptors (Lipinski definition) is 14. The third kappa shape index (κ3) is 13.6. The van der Waals surface area contributed by atoms with E-state index in [1.165, 1.54) is 11.3 Å². The minimum atomic E-state index is -0.544. The van der Waals surface area contributed by atoms with E-state index < -0.39 is 11.7 Å². The first-order valence-electron chi connectivity index (χ1n) is 19.7. The van der Waals surface area contributed by atoms with Crippen LogP contribution >= 0.6 is 11.3 Å². The third-order valence-corrected chi connectivity index (χ3v) is 10.1. The van der Waals surface area contributed by atoms with E-state index in [-0.39, 0.29) is 24.2 Å². The lowest BCUT2D eigenvalue weighted by Crippen LogP contribution is -2.41. The van der Waals surface area contributed by atoms with Crippen molar-refractivity contribution in [2.45, 2.75) is 58.7 Å². The zero-order chi connectivity index (χ0) is 42.2. The molecule has 1 aliphatic heterocycles. The second-order valence-corrected chi connectivity index (χ2v) is 15.6. The minimum absolute atomic E-state index is 0.0895. The lowest BCUT2D eigenvalue weighted by Gasteiger charge is -2.33. The Bertz CT molecular complexity index is 2100. The molecule has 4 aromatic rings. The fourth-order valence-electron chi connectivity index (χ4n) is 6.44. The molecular formula is C44H56N8O6S. The standard InChI is InChI=1S/C44H56N8O6S/c1-5-51(38(42(46)47)27-36(45)35-11-6-7-13-39(35)53)29-34-10-8-20-52(34)33-18-19-48-40(26-33)57-25-24-56-23-22-55-21-9-12-37-41(59-30-50-37)32-16-14-31(15-17-32)28-49-43(54)58-44(2,3)4/h6-7,11,13-19,26-27,30,34,53H,5,8,10,20-25,28-29,45-47H2,1-4H3,(H,49,54)/b36-27-. The van der Waals surface area contributed by atoms with Gasteiger partial charge in [0.25, 0.3) is 0 Å². The summed E-state index contributed by atoms with van der Waals surface area (Å²) in [6, 6.07) is 19.0. The van der Waals surface area contributed by atoms with Crippen LogP contribution in [0.15, 0.2) is 90.0 Å². The van der Waals surface area contributed by atoms with Crippen molar-refractivity contribution in [2.75, 3.05) is 57.6 Å². The van der Waals surface area contributed by atoms with Crippen LogP contribution in [0.25, 0.3) is 16.1 Å². The normalized spacial score (nSPS) is 14.0. The number of carbonyl (C=O) groups excluding carboxylic acids is 1. The van der Waals surface area contributed by atoms with E-state index in [4.69, 9.17) is 36.1 Å². The fourth-order valence-corrected chi connectivity index (χ4v) is 7.20. The molecule has 15 heteroatoms. The first kappa shape index (κ1) is 44.2. The number of aromatic hydroxyl groups is 1. The number of benzene rings is 2. The molecular weight excluding hydrogens is 769 g/mol. The molecule has 0 bridgehead atoms. The van der Waals surface area contributed by atoms with Crippen molar-refractivity contribution >= 4 is 28.8 Å². The number of pyridine rings is 1. The van der Waals surface area contributed by atoms with Gasteiger partial charge in [0.15, 0.2) is 0 Å². The number of phenols is 1. The van der Waals surface area contributed by atoms with Crippen LogP contribution in [-0.2, 0) is 20.8 Å². The van der Waals surface area contributed by atoms with Crippen molar-refractivity contribution in [3.05, 3.63) is 107 Å². The first-order valence-corrected chi connectivity index (χ1v) is 20.5. The molecule has 0 saturated carbocycles. The number of allylic oxidation sites excluding steroid dienone is 1. The lowest BCUT2D eigenvalue weighted by atomic mass is 10.1. The second-order valence-electron chi connectivity index (χ2n) is 14.7. The quantitative estimate of drug-likeness (QED) is 0.0461. The van der Waals surface area contributed by atoms with Gasteiger partial charge >= 0.3 is 6.09 Å². The van der Waals surface area contributed by atoms with Crippen molar-refractivity contribution in [3.63, 3.8) is 0 Å². The number of para-hydroxylation sites is 1. The van der Waals surface area contributed by atoms with E-state index in [0.717, 1.165) is 41.1 Å². The van der Waals surface area contributed by atoms with Gasteiger partial charge in [0, 0.05) is 61.4 Å². The van der Waals surface area contributed by atoms with Gasteiger partial charge in [-0.3, -0.25) is 0 Å². The molecule has 1 atom stereocenters. The highest BCUT2D eigenvalue weighted by molar-refractivity contribution is 7.13. The summed E-state index contributed by atoms with van der Waals surface area (Å²) in [5, 5.41) is 13.1. The van der Waals surface area contributed by atoms with Crippen molar-refractivity contribution in [1.82, 2.24) is 20.2 Å². The summed E-state index contributed by atoms with van der Waals surface area (Å²) in [6.45, 7) is 11.9. The number of aromatic nitrogens is 2. The molecule has 8 N–H and O–H groups in total. The summed E-state index contributed by atoms with van der Waals surface area (Å²) in [5.41, 5.74) is 25.1. The van der Waals surface area contributed by atoms with E-state index in [1.807, 2.05) is 70.2 Å². The number of anilines is 1. The molecule has 0 spiro atoms. The Morgan fingerprint density at radius 2 is 1.81 bits per heavy atom. The lowest BCUT2D eigenvalue weighted by molar-refractivity contribution is 0.0456. The summed E-state index contributed by atoms with van der Waals surface area (Å²) in [5.74, 6) is 6.92. The Balaban J connectivity index is 1.02. The van der Waals surface area contributed by atoms with Crippen LogP contribution in [0.3, 0.4) is 0 Å². The summed E-state index contributed by atoms with van der Waals surface area (Å²) in [6.07, 6.45) is 5.07. The Labute approximate surface area is 351 Å². The molecule has 0 radical (unpaired) electrons. The van der Waals surface area contributed by atoms with E-state index >= 15 is 0 Å². The van der Waals surface area contributed by atoms with Gasteiger partial charge in [-0.05, 0) is 81.9 Å². The molecule has 1 unspecified atom stereocenters. The molecule has 1 aliphatic rings. The highest BCUT2D eigenvalue weighted by Gasteiger charge is 2.28. The molecule has 59 heavy (non-hydrogen) atoms. The number of rotatable bonds is 18. The molecule has 2 aromatic carbocycles. The molecule has 1 fully saturated rings. The average molecular weight is 825 g/mol. The summed E-state index contributed by atoms with van der Waals surface area (Å²) >= 11 is 1.52. The van der Waals surface area contributed by atoms with E-state index in [1.54, 1.807) is 36.0 Å². The molecule has 314 valence electrons. The zero-order valence-electron chi connectivity index (χ0n) is 34.3. The maximum Gasteiger partial charge on any atom is 0.407 e.